The minimum atomic E-state index is 0. The van der Waals surface area contributed by atoms with Crippen molar-refractivity contribution in [2.24, 2.45) is 23.9 Å². The van der Waals surface area contributed by atoms with Crippen LogP contribution in [0.1, 0.15) is 32.4 Å². The van der Waals surface area contributed by atoms with Gasteiger partial charge in [-0.2, -0.15) is 0 Å². The van der Waals surface area contributed by atoms with Crippen LogP contribution in [0.15, 0.2) is 17.3 Å². The molecule has 1 unspecified atom stereocenters. The van der Waals surface area contributed by atoms with Gasteiger partial charge in [0.05, 0.1) is 11.6 Å². The highest BCUT2D eigenvalue weighted by Crippen LogP contribution is 2.17. The summed E-state index contributed by atoms with van der Waals surface area (Å²) in [5.41, 5.74) is 1.18. The lowest BCUT2D eigenvalue weighted by Gasteiger charge is -2.34. The minimum Gasteiger partial charge on any atom is -0.356 e. The van der Waals surface area contributed by atoms with Crippen LogP contribution in [0, 0.1) is 11.8 Å². The highest BCUT2D eigenvalue weighted by molar-refractivity contribution is 14.0. The number of nitrogens with one attached hydrogen (secondary N) is 1. The van der Waals surface area contributed by atoms with Crippen LogP contribution in [0.2, 0.25) is 5.02 Å². The molecule has 7 heteroatoms. The molecular weight excluding hydrogens is 461 g/mol. The maximum absolute atomic E-state index is 6.08. The topological polar surface area (TPSA) is 35.8 Å². The SMILES string of the molecule is CN=C(NCC1CCCN(CC(C)C)C1)N(C)Cc1cc(Cl)cn1C.I. The Balaban J connectivity index is 0.00000338. The van der Waals surface area contributed by atoms with Gasteiger partial charge in [-0.1, -0.05) is 25.4 Å². The third-order valence-electron chi connectivity index (χ3n) is 4.82. The number of guanidine groups is 1. The standard InChI is InChI=1S/C19H34ClN5.HI/c1-15(2)11-25-8-6-7-16(12-25)10-22-19(21-3)24(5)14-18-9-17(20)13-23(18)4;/h9,13,15-16H,6-8,10-12,14H2,1-5H3,(H,21,22);1H. The first-order valence-corrected chi connectivity index (χ1v) is 9.71. The number of piperidine rings is 1. The molecule has 0 saturated carbocycles. The van der Waals surface area contributed by atoms with Crippen LogP contribution in [-0.2, 0) is 13.6 Å². The number of aliphatic imine (C=N–C) groups is 1. The molecule has 0 radical (unpaired) electrons. The lowest BCUT2D eigenvalue weighted by atomic mass is 9.97. The number of rotatable bonds is 6. The molecule has 150 valence electrons. The summed E-state index contributed by atoms with van der Waals surface area (Å²) in [5, 5.41) is 4.35. The zero-order valence-electron chi connectivity index (χ0n) is 16.8. The summed E-state index contributed by atoms with van der Waals surface area (Å²) in [6.07, 6.45) is 4.54. The van der Waals surface area contributed by atoms with Gasteiger partial charge < -0.3 is 19.7 Å². The van der Waals surface area contributed by atoms with E-state index in [1.165, 1.54) is 38.2 Å². The van der Waals surface area contributed by atoms with Gasteiger partial charge in [-0.15, -0.1) is 24.0 Å². The van der Waals surface area contributed by atoms with Crippen LogP contribution >= 0.6 is 35.6 Å². The Labute approximate surface area is 181 Å². The number of aryl methyl sites for hydroxylation is 1. The van der Waals surface area contributed by atoms with E-state index in [9.17, 15) is 0 Å². The quantitative estimate of drug-likeness (QED) is 0.372. The van der Waals surface area contributed by atoms with Crippen molar-refractivity contribution in [2.45, 2.75) is 33.2 Å². The summed E-state index contributed by atoms with van der Waals surface area (Å²) >= 11 is 6.08. The van der Waals surface area contributed by atoms with Crippen molar-refractivity contribution in [1.29, 1.82) is 0 Å². The Morgan fingerprint density at radius 3 is 2.77 bits per heavy atom. The lowest BCUT2D eigenvalue weighted by Crippen LogP contribution is -2.45. The lowest BCUT2D eigenvalue weighted by molar-refractivity contribution is 0.159. The van der Waals surface area contributed by atoms with Crippen molar-refractivity contribution in [2.75, 3.05) is 40.3 Å². The Kier molecular flexibility index (Phi) is 10.3. The molecule has 1 aliphatic rings. The molecule has 1 saturated heterocycles. The van der Waals surface area contributed by atoms with Crippen LogP contribution in [0.25, 0.3) is 0 Å². The van der Waals surface area contributed by atoms with Gasteiger partial charge in [0, 0.05) is 52.7 Å². The molecule has 0 aromatic carbocycles. The van der Waals surface area contributed by atoms with Crippen LogP contribution < -0.4 is 5.32 Å². The van der Waals surface area contributed by atoms with E-state index in [0.717, 1.165) is 30.0 Å². The van der Waals surface area contributed by atoms with Gasteiger partial charge in [0.2, 0.25) is 0 Å². The molecule has 0 aliphatic carbocycles. The molecule has 0 spiro atoms. The second-order valence-electron chi connectivity index (χ2n) is 7.71. The van der Waals surface area contributed by atoms with Gasteiger partial charge in [-0.3, -0.25) is 4.99 Å². The molecule has 1 aromatic heterocycles. The molecule has 2 heterocycles. The Morgan fingerprint density at radius 2 is 2.19 bits per heavy atom. The Morgan fingerprint density at radius 1 is 1.46 bits per heavy atom. The molecule has 1 fully saturated rings. The van der Waals surface area contributed by atoms with Gasteiger partial charge in [-0.05, 0) is 37.3 Å². The largest absolute Gasteiger partial charge is 0.356 e. The zero-order chi connectivity index (χ0) is 18.4. The zero-order valence-corrected chi connectivity index (χ0v) is 19.9. The molecule has 1 N–H and O–H groups in total. The van der Waals surface area contributed by atoms with Crippen LogP contribution in [0.3, 0.4) is 0 Å². The molecule has 2 rings (SSSR count). The fraction of sp³-hybridized carbons (Fsp3) is 0.737. The molecule has 1 atom stereocenters. The smallest absolute Gasteiger partial charge is 0.193 e. The van der Waals surface area contributed by atoms with Gasteiger partial charge in [0.25, 0.3) is 0 Å². The molecule has 26 heavy (non-hydrogen) atoms. The summed E-state index contributed by atoms with van der Waals surface area (Å²) < 4.78 is 2.07. The second-order valence-corrected chi connectivity index (χ2v) is 8.14. The average Bonchev–Trinajstić information content (AvgIpc) is 2.85. The third kappa shape index (κ3) is 7.27. The number of nitrogens with zero attached hydrogens (tertiary/aromatic N) is 4. The van der Waals surface area contributed by atoms with E-state index in [4.69, 9.17) is 11.6 Å². The highest BCUT2D eigenvalue weighted by atomic mass is 127. The number of halogens is 2. The maximum Gasteiger partial charge on any atom is 0.193 e. The molecule has 0 amide bonds. The summed E-state index contributed by atoms with van der Waals surface area (Å²) in [6, 6.07) is 2.01. The van der Waals surface area contributed by atoms with Crippen LogP contribution in [-0.4, -0.2) is 60.6 Å². The third-order valence-corrected chi connectivity index (χ3v) is 5.03. The first-order valence-electron chi connectivity index (χ1n) is 9.34. The predicted molar refractivity (Wildman–Crippen MR) is 123 cm³/mol. The summed E-state index contributed by atoms with van der Waals surface area (Å²) in [5.74, 6) is 2.38. The van der Waals surface area contributed by atoms with E-state index < -0.39 is 0 Å². The normalized spacial score (nSPS) is 18.7. The van der Waals surface area contributed by atoms with E-state index in [1.807, 2.05) is 26.4 Å². The highest BCUT2D eigenvalue weighted by Gasteiger charge is 2.21. The van der Waals surface area contributed by atoms with Crippen molar-refractivity contribution < 1.29 is 0 Å². The van der Waals surface area contributed by atoms with Gasteiger partial charge in [0.1, 0.15) is 0 Å². The second kappa shape index (κ2) is 11.4. The molecule has 1 aliphatic heterocycles. The molecule has 1 aromatic rings. The van der Waals surface area contributed by atoms with E-state index in [2.05, 4.69) is 45.6 Å². The first-order chi connectivity index (χ1) is 11.9. The van der Waals surface area contributed by atoms with Gasteiger partial charge in [-0.25, -0.2) is 0 Å². The van der Waals surface area contributed by atoms with Crippen molar-refractivity contribution in [3.63, 3.8) is 0 Å². The van der Waals surface area contributed by atoms with Crippen molar-refractivity contribution in [1.82, 2.24) is 19.7 Å². The summed E-state index contributed by atoms with van der Waals surface area (Å²) in [4.78, 5) is 9.21. The van der Waals surface area contributed by atoms with E-state index in [1.54, 1.807) is 0 Å². The summed E-state index contributed by atoms with van der Waals surface area (Å²) in [7, 11) is 5.95. The summed E-state index contributed by atoms with van der Waals surface area (Å²) in [6.45, 7) is 10.0. The predicted octanol–water partition coefficient (Wildman–Crippen LogP) is 3.67. The van der Waals surface area contributed by atoms with Gasteiger partial charge >= 0.3 is 0 Å². The van der Waals surface area contributed by atoms with Crippen molar-refractivity contribution in [3.8, 4) is 0 Å². The maximum atomic E-state index is 6.08. The Bertz CT molecular complexity index is 572. The number of aromatic nitrogens is 1. The van der Waals surface area contributed by atoms with E-state index >= 15 is 0 Å². The Hall–Kier alpha value is -0.470. The first kappa shape index (κ1) is 23.6. The molecule has 0 bridgehead atoms. The monoisotopic (exact) mass is 495 g/mol. The van der Waals surface area contributed by atoms with E-state index in [-0.39, 0.29) is 24.0 Å². The molecular formula is C19H35ClIN5. The fourth-order valence-corrected chi connectivity index (χ4v) is 3.93. The molecule has 5 nitrogen and oxygen atoms in total. The number of hydrogen-bond acceptors (Lipinski definition) is 2. The van der Waals surface area contributed by atoms with Crippen molar-refractivity contribution >= 4 is 41.5 Å². The number of likely N-dealkylation sites (tertiary alicyclic amines) is 1. The van der Waals surface area contributed by atoms with Crippen molar-refractivity contribution in [3.05, 3.63) is 23.0 Å². The fourth-order valence-electron chi connectivity index (χ4n) is 3.66. The van der Waals surface area contributed by atoms with Crippen LogP contribution in [0.5, 0.6) is 0 Å². The average molecular weight is 496 g/mol. The van der Waals surface area contributed by atoms with Gasteiger partial charge in [0.15, 0.2) is 5.96 Å². The van der Waals surface area contributed by atoms with Crippen LogP contribution in [0.4, 0.5) is 0 Å². The number of hydrogen-bond donors (Lipinski definition) is 1. The van der Waals surface area contributed by atoms with E-state index in [0.29, 0.717) is 5.92 Å². The minimum absolute atomic E-state index is 0.